The van der Waals surface area contributed by atoms with E-state index in [4.69, 9.17) is 9.47 Å². The molecule has 0 aliphatic heterocycles. The van der Waals surface area contributed by atoms with Crippen LogP contribution in [0.15, 0.2) is 84.9 Å². The van der Waals surface area contributed by atoms with Gasteiger partial charge in [-0.3, -0.25) is 4.79 Å². The van der Waals surface area contributed by atoms with E-state index in [1.54, 1.807) is 0 Å². The first kappa shape index (κ1) is 19.4. The lowest BCUT2D eigenvalue weighted by Crippen LogP contribution is -2.17. The lowest BCUT2D eigenvalue weighted by Gasteiger charge is -2.07. The highest BCUT2D eigenvalue weighted by Crippen LogP contribution is 2.15. The van der Waals surface area contributed by atoms with Crippen LogP contribution in [0.2, 0.25) is 0 Å². The molecule has 3 rings (SSSR count). The van der Waals surface area contributed by atoms with Gasteiger partial charge in [-0.25, -0.2) is 4.79 Å². The van der Waals surface area contributed by atoms with Crippen molar-refractivity contribution in [2.45, 2.75) is 26.1 Å². The van der Waals surface area contributed by atoms with Crippen LogP contribution in [0.4, 0.5) is 0 Å². The van der Waals surface area contributed by atoms with Gasteiger partial charge in [-0.2, -0.15) is 0 Å². The van der Waals surface area contributed by atoms with Crippen LogP contribution in [0.25, 0.3) is 0 Å². The number of Topliss-reactive ketones (excluding diaryl/α,β-unsaturated/α-hetero) is 1. The van der Waals surface area contributed by atoms with Gasteiger partial charge in [-0.15, -0.1) is 0 Å². The predicted octanol–water partition coefficient (Wildman–Crippen LogP) is 4.51. The molecule has 0 aliphatic carbocycles. The number of aryl methyl sites for hydroxylation is 1. The number of benzene rings is 3. The number of hydrogen-bond donors (Lipinski definition) is 0. The molecule has 0 aliphatic rings. The molecule has 0 saturated carbocycles. The summed E-state index contributed by atoms with van der Waals surface area (Å²) in [7, 11) is 0. The molecule has 0 unspecified atom stereocenters. The lowest BCUT2D eigenvalue weighted by atomic mass is 10.1. The van der Waals surface area contributed by atoms with Crippen LogP contribution in [0.5, 0.6) is 5.75 Å². The Morgan fingerprint density at radius 3 is 1.82 bits per heavy atom. The number of ketones is 1. The van der Waals surface area contributed by atoms with Crippen LogP contribution in [0.3, 0.4) is 0 Å². The summed E-state index contributed by atoms with van der Waals surface area (Å²) in [5, 5.41) is 0. The van der Waals surface area contributed by atoms with E-state index in [9.17, 15) is 9.59 Å². The molecule has 0 N–H and O–H groups in total. The van der Waals surface area contributed by atoms with Gasteiger partial charge in [0.15, 0.2) is 0 Å². The van der Waals surface area contributed by atoms with E-state index in [1.807, 2.05) is 84.9 Å². The first-order chi connectivity index (χ1) is 13.7. The van der Waals surface area contributed by atoms with Crippen LogP contribution in [-0.4, -0.2) is 11.8 Å². The monoisotopic (exact) mass is 374 g/mol. The van der Waals surface area contributed by atoms with Crippen LogP contribution in [-0.2, 0) is 34.0 Å². The van der Waals surface area contributed by atoms with E-state index in [2.05, 4.69) is 0 Å². The Kier molecular flexibility index (Phi) is 6.96. The fourth-order valence-corrected chi connectivity index (χ4v) is 2.66. The largest absolute Gasteiger partial charge is 0.489 e. The van der Waals surface area contributed by atoms with Gasteiger partial charge >= 0.3 is 5.97 Å². The van der Waals surface area contributed by atoms with Gasteiger partial charge in [0.2, 0.25) is 5.78 Å². The standard InChI is InChI=1S/C24H22O4/c25-23(24(26)28-18-21-9-5-2-6-10-21)16-13-19-11-14-22(15-12-19)27-17-20-7-3-1-4-8-20/h1-12,14-15H,13,16-18H2. The van der Waals surface area contributed by atoms with Gasteiger partial charge in [-0.1, -0.05) is 72.8 Å². The molecule has 28 heavy (non-hydrogen) atoms. The number of rotatable bonds is 9. The van der Waals surface area contributed by atoms with Crippen molar-refractivity contribution in [3.05, 3.63) is 102 Å². The Hall–Kier alpha value is -3.40. The number of ether oxygens (including phenoxy) is 2. The second kappa shape index (κ2) is 10.1. The molecule has 0 saturated heterocycles. The number of carbonyl (C=O) groups is 2. The maximum Gasteiger partial charge on any atom is 0.374 e. The van der Waals surface area contributed by atoms with Gasteiger partial charge in [0.1, 0.15) is 19.0 Å². The minimum atomic E-state index is -0.785. The highest BCUT2D eigenvalue weighted by Gasteiger charge is 2.15. The first-order valence-electron chi connectivity index (χ1n) is 9.20. The smallest absolute Gasteiger partial charge is 0.374 e. The number of esters is 1. The maximum atomic E-state index is 12.0. The van der Waals surface area contributed by atoms with Crippen LogP contribution in [0, 0.1) is 0 Å². The highest BCUT2D eigenvalue weighted by molar-refractivity contribution is 6.33. The molecule has 3 aromatic rings. The van der Waals surface area contributed by atoms with Crippen molar-refractivity contribution in [2.24, 2.45) is 0 Å². The summed E-state index contributed by atoms with van der Waals surface area (Å²) in [5.41, 5.74) is 2.93. The highest BCUT2D eigenvalue weighted by atomic mass is 16.5. The second-order valence-electron chi connectivity index (χ2n) is 6.40. The SMILES string of the molecule is O=C(CCc1ccc(OCc2ccccc2)cc1)C(=O)OCc1ccccc1. The minimum Gasteiger partial charge on any atom is -0.489 e. The van der Waals surface area contributed by atoms with Gasteiger partial charge < -0.3 is 9.47 Å². The fourth-order valence-electron chi connectivity index (χ4n) is 2.66. The van der Waals surface area contributed by atoms with Crippen molar-refractivity contribution < 1.29 is 19.1 Å². The zero-order chi connectivity index (χ0) is 19.6. The zero-order valence-corrected chi connectivity index (χ0v) is 15.5. The third-order valence-corrected chi connectivity index (χ3v) is 4.25. The average molecular weight is 374 g/mol. The van der Waals surface area contributed by atoms with Gasteiger partial charge in [0.25, 0.3) is 0 Å². The second-order valence-corrected chi connectivity index (χ2v) is 6.40. The summed E-state index contributed by atoms with van der Waals surface area (Å²) in [6, 6.07) is 26.8. The molecule has 0 heterocycles. The average Bonchev–Trinajstić information content (AvgIpc) is 2.76. The molecule has 4 heteroatoms. The molecular formula is C24H22O4. The van der Waals surface area contributed by atoms with Crippen LogP contribution in [0.1, 0.15) is 23.1 Å². The molecule has 0 bridgehead atoms. The van der Waals surface area contributed by atoms with Crippen molar-refractivity contribution in [2.75, 3.05) is 0 Å². The van der Waals surface area contributed by atoms with Crippen LogP contribution < -0.4 is 4.74 Å². The zero-order valence-electron chi connectivity index (χ0n) is 15.5. The summed E-state index contributed by atoms with van der Waals surface area (Å²) in [5.74, 6) is -0.534. The van der Waals surface area contributed by atoms with Crippen molar-refractivity contribution in [3.63, 3.8) is 0 Å². The van der Waals surface area contributed by atoms with Crippen molar-refractivity contribution in [1.29, 1.82) is 0 Å². The molecule has 142 valence electrons. The minimum absolute atomic E-state index is 0.110. The van der Waals surface area contributed by atoms with E-state index in [0.29, 0.717) is 13.0 Å². The molecule has 0 amide bonds. The normalized spacial score (nSPS) is 10.3. The summed E-state index contributed by atoms with van der Waals surface area (Å²) in [6.07, 6.45) is 0.607. The van der Waals surface area contributed by atoms with Crippen molar-refractivity contribution in [1.82, 2.24) is 0 Å². The third kappa shape index (κ3) is 6.09. The molecule has 0 spiro atoms. The predicted molar refractivity (Wildman–Crippen MR) is 107 cm³/mol. The van der Waals surface area contributed by atoms with E-state index in [0.717, 1.165) is 22.4 Å². The fraction of sp³-hybridized carbons (Fsp3) is 0.167. The summed E-state index contributed by atoms with van der Waals surface area (Å²) >= 11 is 0. The topological polar surface area (TPSA) is 52.6 Å². The quantitative estimate of drug-likeness (QED) is 0.408. The van der Waals surface area contributed by atoms with Crippen LogP contribution >= 0.6 is 0 Å². The van der Waals surface area contributed by atoms with E-state index in [-0.39, 0.29) is 13.0 Å². The van der Waals surface area contributed by atoms with Crippen molar-refractivity contribution >= 4 is 11.8 Å². The molecule has 4 nitrogen and oxygen atoms in total. The third-order valence-electron chi connectivity index (χ3n) is 4.25. The lowest BCUT2D eigenvalue weighted by molar-refractivity contribution is -0.154. The first-order valence-corrected chi connectivity index (χ1v) is 9.20. The molecule has 0 fully saturated rings. The summed E-state index contributed by atoms with van der Waals surface area (Å²) < 4.78 is 10.8. The molecule has 0 atom stereocenters. The molecule has 0 radical (unpaired) electrons. The number of carbonyl (C=O) groups excluding carboxylic acids is 2. The van der Waals surface area contributed by atoms with E-state index in [1.165, 1.54) is 0 Å². The Morgan fingerprint density at radius 1 is 0.643 bits per heavy atom. The van der Waals surface area contributed by atoms with E-state index >= 15 is 0 Å². The Labute approximate surface area is 164 Å². The van der Waals surface area contributed by atoms with E-state index < -0.39 is 11.8 Å². The number of hydrogen-bond acceptors (Lipinski definition) is 4. The molecule has 0 aromatic heterocycles. The van der Waals surface area contributed by atoms with Gasteiger partial charge in [0, 0.05) is 6.42 Å². The van der Waals surface area contributed by atoms with Gasteiger partial charge in [-0.05, 0) is 35.2 Å². The van der Waals surface area contributed by atoms with Crippen molar-refractivity contribution in [3.8, 4) is 5.75 Å². The maximum absolute atomic E-state index is 12.0. The Morgan fingerprint density at radius 2 is 1.21 bits per heavy atom. The molecular weight excluding hydrogens is 352 g/mol. The Bertz CT molecular complexity index is 887. The Balaban J connectivity index is 1.41. The van der Waals surface area contributed by atoms with Gasteiger partial charge in [0.05, 0.1) is 0 Å². The summed E-state index contributed by atoms with van der Waals surface area (Å²) in [6.45, 7) is 0.616. The summed E-state index contributed by atoms with van der Waals surface area (Å²) in [4.78, 5) is 23.8. The molecule has 3 aromatic carbocycles.